The summed E-state index contributed by atoms with van der Waals surface area (Å²) in [6.45, 7) is 0.934. The first kappa shape index (κ1) is 19.4. The third kappa shape index (κ3) is 3.24. The molecule has 0 radical (unpaired) electrons. The minimum atomic E-state index is -3.56. The normalized spacial score (nSPS) is 29.6. The molecule has 0 saturated carbocycles. The second-order valence-corrected chi connectivity index (χ2v) is 10.1. The Hall–Kier alpha value is -2.56. The molecular weight excluding hydrogens is 411 g/mol. The van der Waals surface area contributed by atoms with Crippen molar-refractivity contribution in [3.63, 3.8) is 0 Å². The van der Waals surface area contributed by atoms with Crippen molar-refractivity contribution in [3.05, 3.63) is 60.2 Å². The number of carbonyl (C=O) groups excluding carboxylic acids is 1. The summed E-state index contributed by atoms with van der Waals surface area (Å²) in [7, 11) is -3.56. The van der Waals surface area contributed by atoms with Gasteiger partial charge in [0.2, 0.25) is 10.0 Å². The minimum Gasteiger partial charge on any atom is -0.365 e. The zero-order chi connectivity index (χ0) is 20.9. The number of sulfonamides is 1. The second-order valence-electron chi connectivity index (χ2n) is 8.02. The third-order valence-corrected chi connectivity index (χ3v) is 8.29. The van der Waals surface area contributed by atoms with Crippen LogP contribution < -0.4 is 5.32 Å². The number of fused-ring (bicyclic) bond motifs is 1. The van der Waals surface area contributed by atoms with Crippen molar-refractivity contribution in [2.24, 2.45) is 0 Å². The number of hydrogen-bond acceptors (Lipinski definition) is 5. The van der Waals surface area contributed by atoms with Gasteiger partial charge in [0.05, 0.1) is 12.6 Å². The summed E-state index contributed by atoms with van der Waals surface area (Å²) in [5.41, 5.74) is 0.339. The molecule has 4 heterocycles. The van der Waals surface area contributed by atoms with Crippen LogP contribution in [0.1, 0.15) is 12.0 Å². The maximum atomic E-state index is 13.2. The fourth-order valence-electron chi connectivity index (χ4n) is 4.68. The molecule has 1 aromatic carbocycles. The molecule has 0 aliphatic carbocycles. The van der Waals surface area contributed by atoms with Gasteiger partial charge in [0.15, 0.2) is 0 Å². The molecule has 0 unspecified atom stereocenters. The van der Waals surface area contributed by atoms with E-state index in [1.807, 2.05) is 6.07 Å². The number of nitrogens with one attached hydrogen (secondary N) is 1. The largest absolute Gasteiger partial charge is 0.365 e. The van der Waals surface area contributed by atoms with Crippen LogP contribution in [0, 0.1) is 5.82 Å². The summed E-state index contributed by atoms with van der Waals surface area (Å²) in [6.07, 6.45) is 3.33. The van der Waals surface area contributed by atoms with Gasteiger partial charge >= 0.3 is 6.03 Å². The highest BCUT2D eigenvalue weighted by atomic mass is 32.2. The number of urea groups is 1. The Labute approximate surface area is 173 Å². The predicted octanol–water partition coefficient (Wildman–Crippen LogP) is 1.81. The lowest BCUT2D eigenvalue weighted by molar-refractivity contribution is -0.0946. The Morgan fingerprint density at radius 3 is 2.80 bits per heavy atom. The van der Waals surface area contributed by atoms with E-state index in [0.717, 1.165) is 5.56 Å². The Morgan fingerprint density at radius 1 is 1.27 bits per heavy atom. The molecule has 3 fully saturated rings. The van der Waals surface area contributed by atoms with Gasteiger partial charge in [-0.05, 0) is 42.3 Å². The fraction of sp³-hybridized carbons (Fsp3) is 0.400. The maximum Gasteiger partial charge on any atom is 0.322 e. The lowest BCUT2D eigenvalue weighted by atomic mass is 9.99. The number of anilines is 1. The van der Waals surface area contributed by atoms with Gasteiger partial charge in [-0.1, -0.05) is 6.07 Å². The zero-order valence-corrected chi connectivity index (χ0v) is 16.9. The molecular formula is C20H21FN4O4S. The Kier molecular flexibility index (Phi) is 4.53. The SMILES string of the molecule is O=C(Nc1ccc(F)cc1)N1C[C@H]2C[C@H]3[C@](C1)(CN(Cc1cccnc1)S3(=O)=O)O2. The molecule has 2 aromatic rings. The van der Waals surface area contributed by atoms with E-state index in [1.54, 1.807) is 23.4 Å². The van der Waals surface area contributed by atoms with Crippen LogP contribution in [0.15, 0.2) is 48.8 Å². The third-order valence-electron chi connectivity index (χ3n) is 5.98. The van der Waals surface area contributed by atoms with Crippen molar-refractivity contribution in [2.75, 3.05) is 25.0 Å². The average molecular weight is 432 g/mol. The number of pyridine rings is 1. The number of ether oxygens (including phenoxy) is 1. The molecule has 2 bridgehead atoms. The molecule has 1 aromatic heterocycles. The molecule has 158 valence electrons. The summed E-state index contributed by atoms with van der Waals surface area (Å²) in [4.78, 5) is 18.4. The van der Waals surface area contributed by atoms with Gasteiger partial charge in [-0.15, -0.1) is 0 Å². The fourth-order valence-corrected chi connectivity index (χ4v) is 6.97. The van der Waals surface area contributed by atoms with Crippen molar-refractivity contribution in [1.82, 2.24) is 14.2 Å². The molecule has 8 nitrogen and oxygen atoms in total. The van der Waals surface area contributed by atoms with Gasteiger partial charge in [-0.2, -0.15) is 4.31 Å². The first-order valence-electron chi connectivity index (χ1n) is 9.73. The van der Waals surface area contributed by atoms with Gasteiger partial charge in [-0.3, -0.25) is 4.98 Å². The van der Waals surface area contributed by atoms with E-state index in [4.69, 9.17) is 4.74 Å². The topological polar surface area (TPSA) is 91.8 Å². The van der Waals surface area contributed by atoms with Crippen molar-refractivity contribution < 1.29 is 22.3 Å². The van der Waals surface area contributed by atoms with Gasteiger partial charge < -0.3 is 15.0 Å². The highest BCUT2D eigenvalue weighted by Gasteiger charge is 2.65. The van der Waals surface area contributed by atoms with E-state index in [-0.39, 0.29) is 37.6 Å². The highest BCUT2D eigenvalue weighted by Crippen LogP contribution is 2.47. The number of morpholine rings is 1. The number of nitrogens with zero attached hydrogens (tertiary/aromatic N) is 3. The molecule has 1 spiro atoms. The lowest BCUT2D eigenvalue weighted by Crippen LogP contribution is -2.57. The average Bonchev–Trinajstić information content (AvgIpc) is 3.09. The standard InChI is InChI=1S/C20H21FN4O4S/c21-15-3-5-16(6-4-15)23-19(26)24-11-17-8-18-20(12-24,29-17)13-25(30(18,27)28)10-14-2-1-7-22-9-14/h1-7,9,17-18H,8,10-13H2,(H,23,26)/t17-,18+,20+/m1/s1. The number of amides is 2. The van der Waals surface area contributed by atoms with Gasteiger partial charge in [0, 0.05) is 37.7 Å². The maximum absolute atomic E-state index is 13.2. The Balaban J connectivity index is 1.35. The number of hydrogen-bond donors (Lipinski definition) is 1. The zero-order valence-electron chi connectivity index (χ0n) is 16.1. The van der Waals surface area contributed by atoms with Gasteiger partial charge in [0.1, 0.15) is 16.7 Å². The van der Waals surface area contributed by atoms with E-state index in [2.05, 4.69) is 10.3 Å². The molecule has 3 atom stereocenters. The summed E-state index contributed by atoms with van der Waals surface area (Å²) in [5, 5.41) is 2.08. The van der Waals surface area contributed by atoms with E-state index >= 15 is 0 Å². The van der Waals surface area contributed by atoms with Crippen molar-refractivity contribution >= 4 is 21.7 Å². The molecule has 3 aliphatic rings. The number of likely N-dealkylation sites (tertiary alicyclic amines) is 1. The molecule has 3 aliphatic heterocycles. The lowest BCUT2D eigenvalue weighted by Gasteiger charge is -2.39. The van der Waals surface area contributed by atoms with Crippen LogP contribution in [0.3, 0.4) is 0 Å². The summed E-state index contributed by atoms with van der Waals surface area (Å²) in [6, 6.07) is 8.77. The summed E-state index contributed by atoms with van der Waals surface area (Å²) in [5.74, 6) is -0.385. The molecule has 2 amide bonds. The highest BCUT2D eigenvalue weighted by molar-refractivity contribution is 7.90. The van der Waals surface area contributed by atoms with Crippen molar-refractivity contribution in [3.8, 4) is 0 Å². The molecule has 10 heteroatoms. The Morgan fingerprint density at radius 2 is 2.07 bits per heavy atom. The second kappa shape index (κ2) is 7.00. The van der Waals surface area contributed by atoms with E-state index in [9.17, 15) is 17.6 Å². The van der Waals surface area contributed by atoms with Gasteiger partial charge in [-0.25, -0.2) is 17.6 Å². The van der Waals surface area contributed by atoms with Gasteiger partial charge in [0.25, 0.3) is 0 Å². The first-order chi connectivity index (χ1) is 14.4. The Bertz CT molecular complexity index is 1070. The van der Waals surface area contributed by atoms with Crippen LogP contribution in [0.4, 0.5) is 14.9 Å². The van der Waals surface area contributed by atoms with Crippen LogP contribution in [0.5, 0.6) is 0 Å². The molecule has 3 saturated heterocycles. The monoisotopic (exact) mass is 432 g/mol. The number of benzene rings is 1. The number of halogens is 1. The quantitative estimate of drug-likeness (QED) is 0.799. The molecule has 1 N–H and O–H groups in total. The summed E-state index contributed by atoms with van der Waals surface area (Å²) < 4.78 is 47.1. The van der Waals surface area contributed by atoms with E-state index in [0.29, 0.717) is 18.7 Å². The first-order valence-corrected chi connectivity index (χ1v) is 11.2. The van der Waals surface area contributed by atoms with Crippen LogP contribution in [0.2, 0.25) is 0 Å². The molecule has 5 rings (SSSR count). The van der Waals surface area contributed by atoms with Crippen LogP contribution in [0.25, 0.3) is 0 Å². The van der Waals surface area contributed by atoms with Crippen LogP contribution in [-0.4, -0.2) is 65.2 Å². The number of aromatic nitrogens is 1. The number of rotatable bonds is 3. The van der Waals surface area contributed by atoms with Crippen LogP contribution in [-0.2, 0) is 21.3 Å². The molecule has 30 heavy (non-hydrogen) atoms. The van der Waals surface area contributed by atoms with E-state index < -0.39 is 20.9 Å². The van der Waals surface area contributed by atoms with Crippen molar-refractivity contribution in [2.45, 2.75) is 29.9 Å². The summed E-state index contributed by atoms with van der Waals surface area (Å²) >= 11 is 0. The number of carbonyl (C=O) groups is 1. The smallest absolute Gasteiger partial charge is 0.322 e. The van der Waals surface area contributed by atoms with Crippen LogP contribution >= 0.6 is 0 Å². The minimum absolute atomic E-state index is 0.184. The predicted molar refractivity (Wildman–Crippen MR) is 107 cm³/mol. The van der Waals surface area contributed by atoms with Crippen molar-refractivity contribution in [1.29, 1.82) is 0 Å². The van der Waals surface area contributed by atoms with E-state index in [1.165, 1.54) is 28.6 Å².